The number of fused-ring (bicyclic) bond motifs is 1. The molecule has 0 spiro atoms. The Bertz CT molecular complexity index is 1080. The van der Waals surface area contributed by atoms with Gasteiger partial charge in [-0.05, 0) is 42.0 Å². The van der Waals surface area contributed by atoms with Crippen LogP contribution in [0, 0.1) is 0 Å². The third-order valence-corrected chi connectivity index (χ3v) is 3.87. The van der Waals surface area contributed by atoms with Crippen molar-refractivity contribution in [3.8, 4) is 5.75 Å². The summed E-state index contributed by atoms with van der Waals surface area (Å²) in [6, 6.07) is 24.2. The molecule has 3 aromatic carbocycles. The van der Waals surface area contributed by atoms with Gasteiger partial charge in [-0.15, -0.1) is 0 Å². The first-order valence-electron chi connectivity index (χ1n) is 8.45. The molecule has 1 heterocycles. The lowest BCUT2D eigenvalue weighted by Crippen LogP contribution is -2.20. The number of aliphatic imine (C=N–C) groups is 1. The fourth-order valence-electron chi connectivity index (χ4n) is 2.60. The standard InChI is InChI=1S/C21H17N5O/c27-17-10-6-7-15(13-17)14-22-26-21(23-16-8-2-1-3-9-16)20-24-18-11-4-5-12-19(18)25-20/h1-14,27H,(H,23,26)(H,24,25). The molecule has 6 heteroatoms. The number of hydrazone groups is 1. The minimum atomic E-state index is 0.189. The highest BCUT2D eigenvalue weighted by molar-refractivity contribution is 6.00. The van der Waals surface area contributed by atoms with E-state index in [-0.39, 0.29) is 5.75 Å². The molecule has 0 aliphatic heterocycles. The number of benzene rings is 3. The Kier molecular flexibility index (Phi) is 4.61. The van der Waals surface area contributed by atoms with Crippen LogP contribution in [0.4, 0.5) is 5.69 Å². The molecule has 4 aromatic rings. The van der Waals surface area contributed by atoms with Gasteiger partial charge in [0.1, 0.15) is 5.75 Å². The topological polar surface area (TPSA) is 85.7 Å². The van der Waals surface area contributed by atoms with E-state index in [1.165, 1.54) is 0 Å². The SMILES string of the molecule is Oc1cccc(C=NNC(=Nc2ccccc2)c2nc3ccccc3[nH]2)c1. The number of hydrogen-bond acceptors (Lipinski definition) is 4. The second-order valence-corrected chi connectivity index (χ2v) is 5.86. The number of phenolic OH excluding ortho intramolecular Hbond substituents is 1. The summed E-state index contributed by atoms with van der Waals surface area (Å²) in [5.74, 6) is 1.27. The maximum absolute atomic E-state index is 9.55. The minimum absolute atomic E-state index is 0.189. The molecule has 0 aliphatic carbocycles. The molecule has 6 nitrogen and oxygen atoms in total. The van der Waals surface area contributed by atoms with E-state index in [0.29, 0.717) is 11.7 Å². The number of nitrogens with zero attached hydrogens (tertiary/aromatic N) is 3. The van der Waals surface area contributed by atoms with Gasteiger partial charge in [-0.3, -0.25) is 5.43 Å². The monoisotopic (exact) mass is 355 g/mol. The highest BCUT2D eigenvalue weighted by Gasteiger charge is 2.09. The van der Waals surface area contributed by atoms with E-state index < -0.39 is 0 Å². The number of rotatable bonds is 4. The highest BCUT2D eigenvalue weighted by Crippen LogP contribution is 2.15. The molecule has 132 valence electrons. The molecule has 3 N–H and O–H groups in total. The van der Waals surface area contributed by atoms with Crippen LogP contribution in [0.1, 0.15) is 11.4 Å². The smallest absolute Gasteiger partial charge is 0.190 e. The van der Waals surface area contributed by atoms with Crippen LogP contribution in [0.25, 0.3) is 11.0 Å². The molecule has 0 unspecified atom stereocenters. The maximum atomic E-state index is 9.55. The average molecular weight is 355 g/mol. The first kappa shape index (κ1) is 16.5. The molecule has 1 aromatic heterocycles. The van der Waals surface area contributed by atoms with E-state index in [9.17, 15) is 5.11 Å². The third-order valence-electron chi connectivity index (χ3n) is 3.87. The van der Waals surface area contributed by atoms with Gasteiger partial charge in [0.2, 0.25) is 0 Å². The number of phenols is 1. The zero-order valence-electron chi connectivity index (χ0n) is 14.4. The van der Waals surface area contributed by atoms with E-state index in [2.05, 4.69) is 25.5 Å². The van der Waals surface area contributed by atoms with Crippen LogP contribution in [-0.4, -0.2) is 27.1 Å². The van der Waals surface area contributed by atoms with Gasteiger partial charge in [0.15, 0.2) is 11.7 Å². The molecule has 0 amide bonds. The molecule has 0 saturated heterocycles. The summed E-state index contributed by atoms with van der Waals surface area (Å²) in [5, 5.41) is 13.8. The number of nitrogens with one attached hydrogen (secondary N) is 2. The molecular weight excluding hydrogens is 338 g/mol. The summed E-state index contributed by atoms with van der Waals surface area (Å²) >= 11 is 0. The van der Waals surface area contributed by atoms with Crippen molar-refractivity contribution in [3.05, 3.63) is 90.3 Å². The van der Waals surface area contributed by atoms with Crippen molar-refractivity contribution in [2.24, 2.45) is 10.1 Å². The molecule has 0 atom stereocenters. The van der Waals surface area contributed by atoms with Gasteiger partial charge in [-0.2, -0.15) is 5.10 Å². The Hall–Kier alpha value is -3.93. The number of aromatic nitrogens is 2. The number of hydrogen-bond donors (Lipinski definition) is 3. The van der Waals surface area contributed by atoms with E-state index in [1.807, 2.05) is 60.7 Å². The van der Waals surface area contributed by atoms with Crippen molar-refractivity contribution < 1.29 is 5.11 Å². The Labute approximate surface area is 155 Å². The molecule has 0 fully saturated rings. The fraction of sp³-hybridized carbons (Fsp3) is 0. The van der Waals surface area contributed by atoms with Gasteiger partial charge in [-0.25, -0.2) is 9.98 Å². The Balaban J connectivity index is 1.66. The number of H-pyrrole nitrogens is 1. The predicted octanol–water partition coefficient (Wildman–Crippen LogP) is 3.97. The minimum Gasteiger partial charge on any atom is -0.508 e. The summed E-state index contributed by atoms with van der Waals surface area (Å²) in [6.45, 7) is 0. The number of imidazole rings is 1. The summed E-state index contributed by atoms with van der Waals surface area (Å²) in [7, 11) is 0. The van der Waals surface area contributed by atoms with Gasteiger partial charge < -0.3 is 10.1 Å². The number of amidine groups is 1. The Morgan fingerprint density at radius 2 is 1.78 bits per heavy atom. The summed E-state index contributed by atoms with van der Waals surface area (Å²) < 4.78 is 0. The molecule has 4 rings (SSSR count). The van der Waals surface area contributed by atoms with Gasteiger partial charge in [-0.1, -0.05) is 42.5 Å². The fourth-order valence-corrected chi connectivity index (χ4v) is 2.60. The van der Waals surface area contributed by atoms with Crippen molar-refractivity contribution in [1.29, 1.82) is 0 Å². The van der Waals surface area contributed by atoms with Crippen LogP contribution in [0.2, 0.25) is 0 Å². The lowest BCUT2D eigenvalue weighted by atomic mass is 10.2. The lowest BCUT2D eigenvalue weighted by Gasteiger charge is -2.03. The lowest BCUT2D eigenvalue weighted by molar-refractivity contribution is 0.475. The summed E-state index contributed by atoms with van der Waals surface area (Å²) in [5.41, 5.74) is 6.29. The van der Waals surface area contributed by atoms with Crippen LogP contribution in [-0.2, 0) is 0 Å². The Morgan fingerprint density at radius 1 is 0.963 bits per heavy atom. The van der Waals surface area contributed by atoms with Gasteiger partial charge in [0, 0.05) is 0 Å². The van der Waals surface area contributed by atoms with Crippen molar-refractivity contribution in [2.45, 2.75) is 0 Å². The van der Waals surface area contributed by atoms with E-state index >= 15 is 0 Å². The van der Waals surface area contributed by atoms with Crippen LogP contribution in [0.15, 0.2) is 89.0 Å². The first-order valence-corrected chi connectivity index (χ1v) is 8.45. The van der Waals surface area contributed by atoms with Crippen molar-refractivity contribution in [3.63, 3.8) is 0 Å². The summed E-state index contributed by atoms with van der Waals surface area (Å²) in [4.78, 5) is 12.5. The zero-order chi connectivity index (χ0) is 18.5. The second-order valence-electron chi connectivity index (χ2n) is 5.86. The maximum Gasteiger partial charge on any atom is 0.190 e. The first-order chi connectivity index (χ1) is 13.3. The van der Waals surface area contributed by atoms with Crippen molar-refractivity contribution >= 4 is 28.8 Å². The molecule has 0 aliphatic rings. The quantitative estimate of drug-likeness (QED) is 0.294. The molecule has 0 saturated carbocycles. The van der Waals surface area contributed by atoms with Crippen LogP contribution >= 0.6 is 0 Å². The molecule has 0 bridgehead atoms. The second kappa shape index (κ2) is 7.53. The van der Waals surface area contributed by atoms with Crippen molar-refractivity contribution in [1.82, 2.24) is 15.4 Å². The van der Waals surface area contributed by atoms with E-state index in [0.717, 1.165) is 22.3 Å². The zero-order valence-corrected chi connectivity index (χ0v) is 14.4. The molecular formula is C21H17N5O. The van der Waals surface area contributed by atoms with Crippen LogP contribution in [0.5, 0.6) is 5.75 Å². The van der Waals surface area contributed by atoms with E-state index in [1.54, 1.807) is 24.4 Å². The number of aromatic hydroxyl groups is 1. The molecule has 0 radical (unpaired) electrons. The predicted molar refractivity (Wildman–Crippen MR) is 108 cm³/mol. The van der Waals surface area contributed by atoms with E-state index in [4.69, 9.17) is 0 Å². The highest BCUT2D eigenvalue weighted by atomic mass is 16.3. The van der Waals surface area contributed by atoms with Gasteiger partial charge >= 0.3 is 0 Å². The largest absolute Gasteiger partial charge is 0.508 e. The van der Waals surface area contributed by atoms with Crippen LogP contribution < -0.4 is 5.43 Å². The van der Waals surface area contributed by atoms with Crippen LogP contribution in [0.3, 0.4) is 0 Å². The third kappa shape index (κ3) is 4.01. The van der Waals surface area contributed by atoms with Gasteiger partial charge in [0.05, 0.1) is 22.9 Å². The Morgan fingerprint density at radius 3 is 2.59 bits per heavy atom. The van der Waals surface area contributed by atoms with Crippen molar-refractivity contribution in [2.75, 3.05) is 0 Å². The van der Waals surface area contributed by atoms with Gasteiger partial charge in [0.25, 0.3) is 0 Å². The average Bonchev–Trinajstić information content (AvgIpc) is 3.12. The normalized spacial score (nSPS) is 11.9. The number of aromatic amines is 1. The summed E-state index contributed by atoms with van der Waals surface area (Å²) in [6.07, 6.45) is 1.61. The number of para-hydroxylation sites is 3. The molecule has 27 heavy (non-hydrogen) atoms.